The van der Waals surface area contributed by atoms with E-state index in [2.05, 4.69) is 16.0 Å². The summed E-state index contributed by atoms with van der Waals surface area (Å²) in [6, 6.07) is -3.78. The Morgan fingerprint density at radius 1 is 0.516 bits per heavy atom. The van der Waals surface area contributed by atoms with Gasteiger partial charge in [-0.1, -0.05) is 0 Å². The molecule has 18 nitrogen and oxygen atoms in total. The molecule has 1 aromatic heterocycles. The number of nitrogens with one attached hydrogen (secondary N) is 3. The largest absolute Gasteiger partial charge is 1.00 e. The van der Waals surface area contributed by atoms with Crippen molar-refractivity contribution in [2.24, 2.45) is 0 Å². The minimum atomic E-state index is -1.37. The maximum absolute atomic E-state index is 13.6. The van der Waals surface area contributed by atoms with Crippen molar-refractivity contribution in [3.8, 4) is 5.75 Å². The van der Waals surface area contributed by atoms with Gasteiger partial charge in [-0.25, -0.2) is 28.8 Å². The van der Waals surface area contributed by atoms with E-state index in [1.165, 1.54) is 10.8 Å². The Hall–Kier alpha value is -4.14. The van der Waals surface area contributed by atoms with Gasteiger partial charge in [0, 0.05) is 17.5 Å². The van der Waals surface area contributed by atoms with Crippen LogP contribution in [0.1, 0.15) is 155 Å². The van der Waals surface area contributed by atoms with E-state index in [-0.39, 0.29) is 73.9 Å². The lowest BCUT2D eigenvalue weighted by atomic mass is 9.96. The number of aliphatic hydroxyl groups excluding tert-OH is 1. The van der Waals surface area contributed by atoms with Crippen molar-refractivity contribution < 1.29 is 95.9 Å². The van der Waals surface area contributed by atoms with Gasteiger partial charge in [0.15, 0.2) is 18.5 Å². The van der Waals surface area contributed by atoms with Crippen LogP contribution in [0.5, 0.6) is 5.75 Å². The Kier molecular flexibility index (Phi) is 22.3. The molecule has 0 radical (unpaired) electrons. The van der Waals surface area contributed by atoms with Crippen molar-refractivity contribution in [1.82, 2.24) is 16.0 Å². The molecular weight excluding hydrogens is 947 g/mol. The molecule has 19 heteroatoms. The molecule has 0 saturated carbocycles. The fraction of sp³-hybridized carbons (Fsp3) is 0.756. The smallest absolute Gasteiger partial charge is 0.408 e. The van der Waals surface area contributed by atoms with Gasteiger partial charge in [-0.3, -0.25) is 0 Å². The number of aromatic hydroxyl groups is 1. The van der Waals surface area contributed by atoms with E-state index in [9.17, 15) is 39.0 Å². The summed E-state index contributed by atoms with van der Waals surface area (Å²) in [5.41, 5.74) is -4.84. The lowest BCUT2D eigenvalue weighted by molar-refractivity contribution is -0.704. The second kappa shape index (κ2) is 23.9. The van der Waals surface area contributed by atoms with Crippen molar-refractivity contribution in [1.29, 1.82) is 0 Å². The number of rotatable bonds is 16. The topological polar surface area (TPSA) is 238 Å². The highest BCUT2D eigenvalue weighted by Gasteiger charge is 2.35. The average molecular weight is 1030 g/mol. The number of aliphatic hydroxyl groups is 1. The molecule has 1 aromatic rings. The molecular formula is C45H77IN4O14. The number of amides is 3. The third-order valence-electron chi connectivity index (χ3n) is 7.77. The molecule has 0 aliphatic rings. The minimum absolute atomic E-state index is 0. The number of esters is 3. The Morgan fingerprint density at radius 3 is 1.20 bits per heavy atom. The van der Waals surface area contributed by atoms with Gasteiger partial charge < -0.3 is 78.6 Å². The third kappa shape index (κ3) is 26.6. The summed E-state index contributed by atoms with van der Waals surface area (Å²) in [4.78, 5) is 78.9. The van der Waals surface area contributed by atoms with E-state index < -0.39 is 94.0 Å². The molecule has 4 atom stereocenters. The summed E-state index contributed by atoms with van der Waals surface area (Å²) >= 11 is 0. The molecule has 5 N–H and O–H groups in total. The van der Waals surface area contributed by atoms with Crippen LogP contribution in [0.4, 0.5) is 14.4 Å². The molecule has 3 amide bonds. The first kappa shape index (κ1) is 59.9. The predicted octanol–water partition coefficient (Wildman–Crippen LogP) is 3.00. The van der Waals surface area contributed by atoms with E-state index in [4.69, 9.17) is 28.4 Å². The van der Waals surface area contributed by atoms with Crippen LogP contribution >= 0.6 is 0 Å². The number of halogens is 1. The Morgan fingerprint density at radius 2 is 0.844 bits per heavy atom. The van der Waals surface area contributed by atoms with Crippen molar-refractivity contribution in [2.45, 2.75) is 221 Å². The second-order valence-corrected chi connectivity index (χ2v) is 21.5. The van der Waals surface area contributed by atoms with Crippen LogP contribution in [-0.2, 0) is 62.2 Å². The zero-order valence-electron chi connectivity index (χ0n) is 41.3. The van der Waals surface area contributed by atoms with Crippen LogP contribution in [0.3, 0.4) is 0 Å². The predicted molar refractivity (Wildman–Crippen MR) is 233 cm³/mol. The van der Waals surface area contributed by atoms with Crippen molar-refractivity contribution in [2.75, 3.05) is 0 Å². The molecule has 0 spiro atoms. The molecule has 0 aliphatic carbocycles. The van der Waals surface area contributed by atoms with Crippen LogP contribution < -0.4 is 44.5 Å². The van der Waals surface area contributed by atoms with Gasteiger partial charge in [-0.2, -0.15) is 4.57 Å². The van der Waals surface area contributed by atoms with E-state index in [1.54, 1.807) is 131 Å². The number of carbonyl (C=O) groups is 6. The van der Waals surface area contributed by atoms with Crippen LogP contribution in [0.15, 0.2) is 12.4 Å². The van der Waals surface area contributed by atoms with E-state index in [1.807, 2.05) is 0 Å². The number of hydrogen-bond acceptors (Lipinski definition) is 14. The molecule has 64 heavy (non-hydrogen) atoms. The normalized spacial score (nSPS) is 14.3. The standard InChI is InChI=1S/C45H76N4O14.HI/c1-40(2,3)58-34(52)30(46-37(55)61-43(10,11)12)21-19-27-24-49(25-28(50)20-22-31(35(53)59-41(4,5)6)47-38(56)62-44(13,14)15)26-33(51)29(27)23-32(36(54)60-42(7,8)9)48-39(57)63-45(16,17)18;/h24,26,28,30-32,50H,19-23,25H2,1-18H3,(H3-,46,47,48,51,55,56,57);1H/t28-,30+,31+,32+;/m1./s1. The first-order valence-electron chi connectivity index (χ1n) is 21.3. The third-order valence-corrected chi connectivity index (χ3v) is 7.77. The number of ether oxygens (including phenoxy) is 6. The summed E-state index contributed by atoms with van der Waals surface area (Å²) in [5.74, 6) is -2.64. The molecule has 0 unspecified atom stereocenters. The number of alkyl carbamates (subject to hydrolysis) is 3. The van der Waals surface area contributed by atoms with Gasteiger partial charge in [-0.05, 0) is 150 Å². The Labute approximate surface area is 396 Å². The highest BCUT2D eigenvalue weighted by atomic mass is 127. The van der Waals surface area contributed by atoms with Crippen LogP contribution in [0.2, 0.25) is 0 Å². The number of nitrogens with zero attached hydrogens (tertiary/aromatic N) is 1. The molecule has 368 valence electrons. The molecule has 1 heterocycles. The van der Waals surface area contributed by atoms with Crippen LogP contribution in [0, 0.1) is 0 Å². The average Bonchev–Trinajstić information content (AvgIpc) is 3.00. The zero-order chi connectivity index (χ0) is 49.1. The number of pyridine rings is 1. The van der Waals surface area contributed by atoms with Gasteiger partial charge in [0.25, 0.3) is 0 Å². The quantitative estimate of drug-likeness (QED) is 0.0693. The highest BCUT2D eigenvalue weighted by molar-refractivity contribution is 5.83. The highest BCUT2D eigenvalue weighted by Crippen LogP contribution is 2.25. The Balaban J connectivity index is 0.0000397. The lowest BCUT2D eigenvalue weighted by Crippen LogP contribution is -3.00. The van der Waals surface area contributed by atoms with Gasteiger partial charge in [0.1, 0.15) is 57.8 Å². The van der Waals surface area contributed by atoms with E-state index >= 15 is 0 Å². The summed E-state index contributed by atoms with van der Waals surface area (Å²) in [6.07, 6.45) is -1.35. The summed E-state index contributed by atoms with van der Waals surface area (Å²) in [7, 11) is 0. The number of carbonyl (C=O) groups excluding carboxylic acids is 6. The Bertz CT molecular complexity index is 1750. The fourth-order valence-corrected chi connectivity index (χ4v) is 5.63. The second-order valence-electron chi connectivity index (χ2n) is 21.5. The minimum Gasteiger partial charge on any atom is -1.00 e. The van der Waals surface area contributed by atoms with E-state index in [0.29, 0.717) is 5.56 Å². The molecule has 0 fully saturated rings. The van der Waals surface area contributed by atoms with Gasteiger partial charge >= 0.3 is 36.2 Å². The SMILES string of the molecule is CC(C)(C)OC(=O)N[C@@H](CCc1c[n+](C[C@H](O)CC[C@H](NC(=O)OC(C)(C)C)C(=O)OC(C)(C)C)cc(O)c1C[C@H](NC(=O)OC(C)(C)C)C(=O)OC(C)(C)C)C(=O)OC(C)(C)C.[I-]. The summed E-state index contributed by atoms with van der Waals surface area (Å²) in [6.45, 7) is 29.9. The van der Waals surface area contributed by atoms with Crippen LogP contribution in [0.25, 0.3) is 0 Å². The molecule has 1 rings (SSSR count). The van der Waals surface area contributed by atoms with Crippen molar-refractivity contribution in [3.63, 3.8) is 0 Å². The fourth-order valence-electron chi connectivity index (χ4n) is 5.63. The first-order valence-corrected chi connectivity index (χ1v) is 21.3. The zero-order valence-corrected chi connectivity index (χ0v) is 43.5. The van der Waals surface area contributed by atoms with Crippen molar-refractivity contribution in [3.05, 3.63) is 23.5 Å². The summed E-state index contributed by atoms with van der Waals surface area (Å²) < 4.78 is 34.5. The monoisotopic (exact) mass is 1020 g/mol. The maximum atomic E-state index is 13.6. The van der Waals surface area contributed by atoms with E-state index in [0.717, 1.165) is 0 Å². The number of aromatic nitrogens is 1. The lowest BCUT2D eigenvalue weighted by Gasteiger charge is -2.27. The van der Waals surface area contributed by atoms with Gasteiger partial charge in [0.2, 0.25) is 6.20 Å². The molecule has 0 bridgehead atoms. The molecule has 0 aromatic carbocycles. The van der Waals surface area contributed by atoms with Gasteiger partial charge in [-0.15, -0.1) is 0 Å². The van der Waals surface area contributed by atoms with Crippen molar-refractivity contribution >= 4 is 36.2 Å². The summed E-state index contributed by atoms with van der Waals surface area (Å²) in [5, 5.41) is 30.6. The number of aryl methyl sites for hydroxylation is 1. The van der Waals surface area contributed by atoms with Gasteiger partial charge in [0.05, 0.1) is 0 Å². The first-order chi connectivity index (χ1) is 28.2. The molecule has 0 aliphatic heterocycles. The van der Waals surface area contributed by atoms with Crippen LogP contribution in [-0.4, -0.2) is 104 Å². The maximum Gasteiger partial charge on any atom is 0.408 e. The number of hydrogen-bond donors (Lipinski definition) is 5. The molecule has 0 saturated heterocycles.